The minimum Gasteiger partial charge on any atom is -0.393 e. The van der Waals surface area contributed by atoms with Crippen LogP contribution in [0.25, 0.3) is 0 Å². The Labute approximate surface area is 107 Å². The summed E-state index contributed by atoms with van der Waals surface area (Å²) < 4.78 is 0. The van der Waals surface area contributed by atoms with Gasteiger partial charge in [-0.2, -0.15) is 0 Å². The number of halogens is 1. The van der Waals surface area contributed by atoms with Gasteiger partial charge in [0.15, 0.2) is 0 Å². The van der Waals surface area contributed by atoms with E-state index in [1.54, 1.807) is 12.4 Å². The molecule has 0 aliphatic carbocycles. The van der Waals surface area contributed by atoms with Crippen molar-refractivity contribution in [1.29, 1.82) is 0 Å². The van der Waals surface area contributed by atoms with Gasteiger partial charge < -0.3 is 5.11 Å². The van der Waals surface area contributed by atoms with Crippen LogP contribution in [0.3, 0.4) is 0 Å². The summed E-state index contributed by atoms with van der Waals surface area (Å²) in [6.07, 6.45) is 6.47. The average molecular weight is 255 g/mol. The largest absolute Gasteiger partial charge is 0.393 e. The molecule has 2 unspecified atom stereocenters. The summed E-state index contributed by atoms with van der Waals surface area (Å²) in [5.41, 5.74) is 1.12. The number of aromatic nitrogens is 1. The Balaban J connectivity index is 2.00. The third kappa shape index (κ3) is 3.41. The first-order chi connectivity index (χ1) is 8.16. The molecule has 0 radical (unpaired) electrons. The lowest BCUT2D eigenvalue weighted by atomic mass is 10.1. The van der Waals surface area contributed by atoms with Gasteiger partial charge in [-0.1, -0.05) is 11.6 Å². The number of rotatable bonds is 4. The fourth-order valence-corrected chi connectivity index (χ4v) is 2.69. The van der Waals surface area contributed by atoms with Gasteiger partial charge in [0.05, 0.1) is 11.1 Å². The van der Waals surface area contributed by atoms with Gasteiger partial charge in [0, 0.05) is 25.0 Å². The first-order valence-electron chi connectivity index (χ1n) is 6.17. The number of aliphatic hydroxyl groups is 1. The molecular weight excluding hydrogens is 236 g/mol. The van der Waals surface area contributed by atoms with Crippen LogP contribution in [-0.4, -0.2) is 33.7 Å². The molecule has 0 amide bonds. The molecule has 17 heavy (non-hydrogen) atoms. The Bertz CT molecular complexity index is 370. The number of hydrogen-bond acceptors (Lipinski definition) is 3. The van der Waals surface area contributed by atoms with Gasteiger partial charge in [-0.3, -0.25) is 9.88 Å². The molecule has 1 N–H and O–H groups in total. The lowest BCUT2D eigenvalue weighted by Crippen LogP contribution is -2.31. The minimum absolute atomic E-state index is 0.228. The highest BCUT2D eigenvalue weighted by Crippen LogP contribution is 2.25. The van der Waals surface area contributed by atoms with Gasteiger partial charge in [0.2, 0.25) is 0 Å². The SMILES string of the molecule is CC(O)CC1CCCN1Cc1ccncc1Cl. The van der Waals surface area contributed by atoms with Crippen molar-refractivity contribution < 1.29 is 5.11 Å². The predicted octanol–water partition coefficient (Wildman–Crippen LogP) is 2.47. The summed E-state index contributed by atoms with van der Waals surface area (Å²) >= 11 is 6.12. The Morgan fingerprint density at radius 1 is 1.65 bits per heavy atom. The van der Waals surface area contributed by atoms with Crippen molar-refractivity contribution >= 4 is 11.6 Å². The molecule has 1 aliphatic rings. The van der Waals surface area contributed by atoms with Gasteiger partial charge in [-0.25, -0.2) is 0 Å². The van der Waals surface area contributed by atoms with E-state index in [1.807, 2.05) is 13.0 Å². The molecule has 1 aromatic rings. The van der Waals surface area contributed by atoms with Crippen LogP contribution in [0.5, 0.6) is 0 Å². The lowest BCUT2D eigenvalue weighted by Gasteiger charge is -2.25. The lowest BCUT2D eigenvalue weighted by molar-refractivity contribution is 0.131. The van der Waals surface area contributed by atoms with Crippen molar-refractivity contribution in [3.8, 4) is 0 Å². The molecule has 0 spiro atoms. The molecule has 1 saturated heterocycles. The smallest absolute Gasteiger partial charge is 0.0634 e. The summed E-state index contributed by atoms with van der Waals surface area (Å²) in [5.74, 6) is 0. The van der Waals surface area contributed by atoms with Crippen LogP contribution in [-0.2, 0) is 6.54 Å². The molecule has 2 heterocycles. The van der Waals surface area contributed by atoms with Crippen LogP contribution in [0.4, 0.5) is 0 Å². The molecular formula is C13H19ClN2O. The highest BCUT2D eigenvalue weighted by atomic mass is 35.5. The first kappa shape index (κ1) is 12.8. The normalized spacial score (nSPS) is 22.9. The molecule has 0 aromatic carbocycles. The minimum atomic E-state index is -0.228. The number of nitrogens with zero attached hydrogens (tertiary/aromatic N) is 2. The van der Waals surface area contributed by atoms with Gasteiger partial charge in [-0.05, 0) is 44.4 Å². The van der Waals surface area contributed by atoms with Crippen LogP contribution >= 0.6 is 11.6 Å². The van der Waals surface area contributed by atoms with E-state index in [-0.39, 0.29) is 6.10 Å². The van der Waals surface area contributed by atoms with Gasteiger partial charge in [-0.15, -0.1) is 0 Å². The van der Waals surface area contributed by atoms with Crippen molar-refractivity contribution in [2.75, 3.05) is 6.54 Å². The Morgan fingerprint density at radius 3 is 3.18 bits per heavy atom. The van der Waals surface area contributed by atoms with E-state index in [9.17, 15) is 5.11 Å². The van der Waals surface area contributed by atoms with Gasteiger partial charge in [0.1, 0.15) is 0 Å². The van der Waals surface area contributed by atoms with Crippen molar-refractivity contribution in [3.63, 3.8) is 0 Å². The fraction of sp³-hybridized carbons (Fsp3) is 0.615. The topological polar surface area (TPSA) is 36.4 Å². The van der Waals surface area contributed by atoms with Crippen LogP contribution in [0.1, 0.15) is 31.7 Å². The van der Waals surface area contributed by atoms with Crippen LogP contribution in [0, 0.1) is 0 Å². The van der Waals surface area contributed by atoms with Crippen molar-refractivity contribution in [2.45, 2.75) is 44.9 Å². The number of likely N-dealkylation sites (tertiary alicyclic amines) is 1. The summed E-state index contributed by atoms with van der Waals surface area (Å²) in [4.78, 5) is 6.41. The van der Waals surface area contributed by atoms with E-state index in [0.717, 1.165) is 30.1 Å². The highest BCUT2D eigenvalue weighted by Gasteiger charge is 2.25. The Hall–Kier alpha value is -0.640. The number of pyridine rings is 1. The van der Waals surface area contributed by atoms with Crippen LogP contribution in [0.15, 0.2) is 18.5 Å². The van der Waals surface area contributed by atoms with Crippen LogP contribution < -0.4 is 0 Å². The molecule has 1 aromatic heterocycles. The number of hydrogen-bond donors (Lipinski definition) is 1. The molecule has 3 nitrogen and oxygen atoms in total. The van der Waals surface area contributed by atoms with Crippen molar-refractivity contribution in [1.82, 2.24) is 9.88 Å². The van der Waals surface area contributed by atoms with E-state index in [0.29, 0.717) is 6.04 Å². The number of aliphatic hydroxyl groups excluding tert-OH is 1. The second-order valence-corrected chi connectivity index (χ2v) is 5.23. The zero-order valence-electron chi connectivity index (χ0n) is 10.1. The first-order valence-corrected chi connectivity index (χ1v) is 6.55. The maximum absolute atomic E-state index is 9.49. The third-order valence-electron chi connectivity index (χ3n) is 3.34. The van der Waals surface area contributed by atoms with E-state index >= 15 is 0 Å². The molecule has 4 heteroatoms. The molecule has 1 fully saturated rings. The van der Waals surface area contributed by atoms with E-state index < -0.39 is 0 Å². The van der Waals surface area contributed by atoms with E-state index in [1.165, 1.54) is 12.8 Å². The molecule has 94 valence electrons. The summed E-state index contributed by atoms with van der Waals surface area (Å²) in [5, 5.41) is 10.2. The highest BCUT2D eigenvalue weighted by molar-refractivity contribution is 6.31. The fourth-order valence-electron chi connectivity index (χ4n) is 2.52. The second kappa shape index (κ2) is 5.80. The second-order valence-electron chi connectivity index (χ2n) is 4.82. The predicted molar refractivity (Wildman–Crippen MR) is 69.0 cm³/mol. The Morgan fingerprint density at radius 2 is 2.47 bits per heavy atom. The standard InChI is InChI=1S/C13H19ClN2O/c1-10(17)7-12-3-2-6-16(12)9-11-4-5-15-8-13(11)14/h4-5,8,10,12,17H,2-3,6-7,9H2,1H3. The van der Waals surface area contributed by atoms with E-state index in [2.05, 4.69) is 9.88 Å². The summed E-state index contributed by atoms with van der Waals surface area (Å²) in [6, 6.07) is 2.46. The van der Waals surface area contributed by atoms with Gasteiger partial charge in [0.25, 0.3) is 0 Å². The maximum atomic E-state index is 9.49. The Kier molecular flexibility index (Phi) is 4.37. The zero-order valence-corrected chi connectivity index (χ0v) is 10.9. The molecule has 2 rings (SSSR count). The maximum Gasteiger partial charge on any atom is 0.0634 e. The van der Waals surface area contributed by atoms with E-state index in [4.69, 9.17) is 11.6 Å². The third-order valence-corrected chi connectivity index (χ3v) is 3.68. The van der Waals surface area contributed by atoms with Crippen molar-refractivity contribution in [3.05, 3.63) is 29.0 Å². The zero-order chi connectivity index (χ0) is 12.3. The summed E-state index contributed by atoms with van der Waals surface area (Å²) in [7, 11) is 0. The molecule has 0 bridgehead atoms. The summed E-state index contributed by atoms with van der Waals surface area (Å²) in [6.45, 7) is 3.81. The van der Waals surface area contributed by atoms with Gasteiger partial charge >= 0.3 is 0 Å². The quantitative estimate of drug-likeness (QED) is 0.897. The molecule has 1 aliphatic heterocycles. The monoisotopic (exact) mass is 254 g/mol. The van der Waals surface area contributed by atoms with Crippen LogP contribution in [0.2, 0.25) is 5.02 Å². The molecule has 0 saturated carbocycles. The molecule has 2 atom stereocenters. The average Bonchev–Trinajstić information content (AvgIpc) is 2.68. The van der Waals surface area contributed by atoms with Crippen molar-refractivity contribution in [2.24, 2.45) is 0 Å².